The second-order valence-electron chi connectivity index (χ2n) is 2.17. The Balaban J connectivity index is 3.25. The molecule has 0 amide bonds. The SMILES string of the molecule is [B]c1cc(F)c(CN)c(Cl)c1. The van der Waals surface area contributed by atoms with Crippen LogP contribution in [0.3, 0.4) is 0 Å². The Morgan fingerprint density at radius 3 is 2.64 bits per heavy atom. The highest BCUT2D eigenvalue weighted by molar-refractivity contribution is 6.36. The van der Waals surface area contributed by atoms with E-state index in [1.807, 2.05) is 0 Å². The summed E-state index contributed by atoms with van der Waals surface area (Å²) in [5.74, 6) is -0.447. The summed E-state index contributed by atoms with van der Waals surface area (Å²) in [7, 11) is 5.32. The first kappa shape index (κ1) is 8.56. The van der Waals surface area contributed by atoms with E-state index in [9.17, 15) is 4.39 Å². The first-order chi connectivity index (χ1) is 5.15. The highest BCUT2D eigenvalue weighted by Gasteiger charge is 2.04. The summed E-state index contributed by atoms with van der Waals surface area (Å²) in [5.41, 5.74) is 5.85. The summed E-state index contributed by atoms with van der Waals surface area (Å²) in [6.07, 6.45) is 0. The van der Waals surface area contributed by atoms with Crippen LogP contribution in [-0.4, -0.2) is 7.85 Å². The van der Waals surface area contributed by atoms with Crippen molar-refractivity contribution in [2.45, 2.75) is 6.54 Å². The predicted octanol–water partition coefficient (Wildman–Crippen LogP) is 0.732. The fourth-order valence-corrected chi connectivity index (χ4v) is 1.11. The Kier molecular flexibility index (Phi) is 2.52. The van der Waals surface area contributed by atoms with Crippen molar-refractivity contribution in [3.63, 3.8) is 0 Å². The minimum Gasteiger partial charge on any atom is -0.326 e. The maximum absolute atomic E-state index is 12.9. The van der Waals surface area contributed by atoms with E-state index in [0.717, 1.165) is 0 Å². The van der Waals surface area contributed by atoms with Crippen molar-refractivity contribution < 1.29 is 4.39 Å². The lowest BCUT2D eigenvalue weighted by Gasteiger charge is -2.03. The van der Waals surface area contributed by atoms with E-state index >= 15 is 0 Å². The largest absolute Gasteiger partial charge is 0.326 e. The van der Waals surface area contributed by atoms with Crippen molar-refractivity contribution >= 4 is 24.9 Å². The van der Waals surface area contributed by atoms with Gasteiger partial charge in [-0.25, -0.2) is 4.39 Å². The van der Waals surface area contributed by atoms with E-state index < -0.39 is 5.82 Å². The van der Waals surface area contributed by atoms with Gasteiger partial charge in [-0.1, -0.05) is 23.1 Å². The van der Waals surface area contributed by atoms with Crippen LogP contribution in [0.5, 0.6) is 0 Å². The molecule has 0 fully saturated rings. The maximum atomic E-state index is 12.9. The van der Waals surface area contributed by atoms with Crippen molar-refractivity contribution in [3.8, 4) is 0 Å². The first-order valence-electron chi connectivity index (χ1n) is 3.08. The maximum Gasteiger partial charge on any atom is 0.128 e. The zero-order valence-electron chi connectivity index (χ0n) is 5.77. The second-order valence-corrected chi connectivity index (χ2v) is 2.57. The molecule has 1 rings (SSSR count). The highest BCUT2D eigenvalue weighted by atomic mass is 35.5. The predicted molar refractivity (Wildman–Crippen MR) is 44.7 cm³/mol. The van der Waals surface area contributed by atoms with Crippen molar-refractivity contribution in [1.82, 2.24) is 0 Å². The van der Waals surface area contributed by atoms with Crippen LogP contribution >= 0.6 is 11.6 Å². The molecular weight excluding hydrogens is 163 g/mol. The van der Waals surface area contributed by atoms with Gasteiger partial charge in [-0.3, -0.25) is 0 Å². The van der Waals surface area contributed by atoms with Crippen molar-refractivity contribution in [2.75, 3.05) is 0 Å². The molecular formula is C7H6BClFN. The normalized spacial score (nSPS) is 10.1. The zero-order chi connectivity index (χ0) is 8.43. The van der Waals surface area contributed by atoms with Crippen LogP contribution in [0.15, 0.2) is 12.1 Å². The molecule has 0 aliphatic rings. The summed E-state index contributed by atoms with van der Waals surface area (Å²) in [6.45, 7) is 0.0882. The number of halogens is 2. The molecule has 0 unspecified atom stereocenters. The molecule has 0 aliphatic carbocycles. The number of benzene rings is 1. The van der Waals surface area contributed by atoms with Gasteiger partial charge in [0.1, 0.15) is 13.7 Å². The van der Waals surface area contributed by atoms with Crippen LogP contribution in [-0.2, 0) is 6.54 Å². The molecule has 1 aromatic carbocycles. The van der Waals surface area contributed by atoms with Crippen LogP contribution in [0.25, 0.3) is 0 Å². The Bertz CT molecular complexity index is 254. The molecule has 2 radical (unpaired) electrons. The van der Waals surface area contributed by atoms with Gasteiger partial charge in [0.15, 0.2) is 0 Å². The van der Waals surface area contributed by atoms with Gasteiger partial charge < -0.3 is 5.73 Å². The molecule has 0 aliphatic heterocycles. The average Bonchev–Trinajstić information content (AvgIpc) is 1.85. The van der Waals surface area contributed by atoms with Gasteiger partial charge in [0.05, 0.1) is 0 Å². The molecule has 0 atom stereocenters. The van der Waals surface area contributed by atoms with Crippen LogP contribution in [0.2, 0.25) is 5.02 Å². The minimum absolute atomic E-state index is 0.0882. The Labute approximate surface area is 70.8 Å². The van der Waals surface area contributed by atoms with E-state index in [1.165, 1.54) is 12.1 Å². The van der Waals surface area contributed by atoms with Crippen LogP contribution < -0.4 is 11.2 Å². The van der Waals surface area contributed by atoms with Gasteiger partial charge in [0.2, 0.25) is 0 Å². The van der Waals surface area contributed by atoms with Gasteiger partial charge in [-0.15, -0.1) is 0 Å². The molecule has 0 aromatic heterocycles. The van der Waals surface area contributed by atoms with Crippen molar-refractivity contribution in [3.05, 3.63) is 28.5 Å². The summed E-state index contributed by atoms with van der Waals surface area (Å²) in [6, 6.07) is 2.68. The highest BCUT2D eigenvalue weighted by Crippen LogP contribution is 2.16. The van der Waals surface area contributed by atoms with Gasteiger partial charge in [-0.2, -0.15) is 0 Å². The van der Waals surface area contributed by atoms with E-state index in [4.69, 9.17) is 25.2 Å². The van der Waals surface area contributed by atoms with E-state index in [0.29, 0.717) is 11.0 Å². The van der Waals surface area contributed by atoms with Crippen molar-refractivity contribution in [1.29, 1.82) is 0 Å². The smallest absolute Gasteiger partial charge is 0.128 e. The van der Waals surface area contributed by atoms with Gasteiger partial charge >= 0.3 is 0 Å². The molecule has 1 aromatic rings. The molecule has 0 saturated heterocycles. The molecule has 56 valence electrons. The third-order valence-electron chi connectivity index (χ3n) is 1.37. The van der Waals surface area contributed by atoms with Crippen molar-refractivity contribution in [2.24, 2.45) is 5.73 Å². The Morgan fingerprint density at radius 2 is 2.18 bits per heavy atom. The summed E-state index contributed by atoms with van der Waals surface area (Å²) in [4.78, 5) is 0. The molecule has 2 N–H and O–H groups in total. The Hall–Kier alpha value is -0.535. The molecule has 0 saturated carbocycles. The number of nitrogens with two attached hydrogens (primary N) is 1. The topological polar surface area (TPSA) is 26.0 Å². The minimum atomic E-state index is -0.447. The second kappa shape index (κ2) is 3.24. The monoisotopic (exact) mass is 169 g/mol. The lowest BCUT2D eigenvalue weighted by Crippen LogP contribution is -2.08. The molecule has 0 bridgehead atoms. The molecule has 0 spiro atoms. The summed E-state index contributed by atoms with van der Waals surface area (Å²) < 4.78 is 12.9. The first-order valence-corrected chi connectivity index (χ1v) is 3.46. The summed E-state index contributed by atoms with van der Waals surface area (Å²) in [5, 5.41) is 0.282. The van der Waals surface area contributed by atoms with E-state index in [1.54, 1.807) is 0 Å². The van der Waals surface area contributed by atoms with Gasteiger partial charge in [-0.05, 0) is 6.07 Å². The van der Waals surface area contributed by atoms with Gasteiger partial charge in [0.25, 0.3) is 0 Å². The van der Waals surface area contributed by atoms with E-state index in [2.05, 4.69) is 0 Å². The Morgan fingerprint density at radius 1 is 1.55 bits per heavy atom. The third-order valence-corrected chi connectivity index (χ3v) is 1.70. The van der Waals surface area contributed by atoms with Crippen LogP contribution in [0.4, 0.5) is 4.39 Å². The number of rotatable bonds is 1. The number of hydrogen-bond acceptors (Lipinski definition) is 1. The van der Waals surface area contributed by atoms with Gasteiger partial charge in [0, 0.05) is 17.1 Å². The summed E-state index contributed by atoms with van der Waals surface area (Å²) >= 11 is 5.63. The lowest BCUT2D eigenvalue weighted by molar-refractivity contribution is 0.612. The fraction of sp³-hybridized carbons (Fsp3) is 0.143. The third kappa shape index (κ3) is 1.73. The van der Waals surface area contributed by atoms with Crippen LogP contribution in [0, 0.1) is 5.82 Å². The fourth-order valence-electron chi connectivity index (χ4n) is 0.818. The number of hydrogen-bond donors (Lipinski definition) is 1. The average molecular weight is 169 g/mol. The molecule has 11 heavy (non-hydrogen) atoms. The molecule has 0 heterocycles. The molecule has 4 heteroatoms. The standard InChI is InChI=1S/C7H6BClFN/c8-4-1-6(9)5(3-11)7(10)2-4/h1-2H,3,11H2. The zero-order valence-corrected chi connectivity index (χ0v) is 6.53. The lowest BCUT2D eigenvalue weighted by atomic mass is 9.95. The molecule has 1 nitrogen and oxygen atoms in total. The van der Waals surface area contributed by atoms with Crippen LogP contribution in [0.1, 0.15) is 5.56 Å². The van der Waals surface area contributed by atoms with E-state index in [-0.39, 0.29) is 11.6 Å². The quantitative estimate of drug-likeness (QED) is 0.616.